The van der Waals surface area contributed by atoms with Gasteiger partial charge >= 0.3 is 0 Å². The van der Waals surface area contributed by atoms with Crippen molar-refractivity contribution in [2.45, 2.75) is 43.8 Å². The van der Waals surface area contributed by atoms with Crippen molar-refractivity contribution in [2.75, 3.05) is 10.6 Å². The van der Waals surface area contributed by atoms with Gasteiger partial charge in [0.1, 0.15) is 5.70 Å². The van der Waals surface area contributed by atoms with Crippen LogP contribution in [0.1, 0.15) is 53.7 Å². The van der Waals surface area contributed by atoms with Gasteiger partial charge < -0.3 is 16.0 Å². The van der Waals surface area contributed by atoms with Crippen molar-refractivity contribution in [1.29, 1.82) is 0 Å². The molecule has 0 aliphatic rings. The maximum absolute atomic E-state index is 13.5. The minimum Gasteiger partial charge on any atom is -0.325 e. The first-order valence-electron chi connectivity index (χ1n) is 13.8. The van der Waals surface area contributed by atoms with Gasteiger partial charge in [-0.1, -0.05) is 74.5 Å². The van der Waals surface area contributed by atoms with Crippen LogP contribution in [-0.2, 0) is 9.59 Å². The molecule has 7 heteroatoms. The number of rotatable bonds is 10. The van der Waals surface area contributed by atoms with Crippen LogP contribution >= 0.6 is 11.8 Å². The van der Waals surface area contributed by atoms with Gasteiger partial charge in [0.25, 0.3) is 11.8 Å². The monoisotopic (exact) mass is 577 g/mol. The molecule has 4 aromatic carbocycles. The Labute approximate surface area is 251 Å². The van der Waals surface area contributed by atoms with Crippen molar-refractivity contribution in [3.63, 3.8) is 0 Å². The number of nitrogens with one attached hydrogen (secondary N) is 3. The highest BCUT2D eigenvalue weighted by Gasteiger charge is 2.17. The first-order valence-corrected chi connectivity index (χ1v) is 14.7. The number of carbonyl (C=O) groups is 3. The number of benzene rings is 4. The number of thioether (sulfide) groups is 1. The second-order valence-electron chi connectivity index (χ2n) is 10.3. The van der Waals surface area contributed by atoms with Crippen molar-refractivity contribution in [3.8, 4) is 0 Å². The first kappa shape index (κ1) is 30.3. The van der Waals surface area contributed by atoms with Gasteiger partial charge in [0, 0.05) is 21.8 Å². The molecule has 4 aromatic rings. The molecule has 0 aliphatic carbocycles. The van der Waals surface area contributed by atoms with Crippen LogP contribution in [0.3, 0.4) is 0 Å². The van der Waals surface area contributed by atoms with Crippen LogP contribution in [0.4, 0.5) is 11.4 Å². The van der Waals surface area contributed by atoms with E-state index in [1.165, 1.54) is 17.3 Å². The van der Waals surface area contributed by atoms with E-state index in [9.17, 15) is 14.4 Å². The van der Waals surface area contributed by atoms with Gasteiger partial charge in [-0.15, -0.1) is 11.8 Å². The molecule has 0 fully saturated rings. The van der Waals surface area contributed by atoms with Crippen LogP contribution in [0.5, 0.6) is 0 Å². The third-order valence-electron chi connectivity index (χ3n) is 6.50. The molecule has 0 saturated heterocycles. The highest BCUT2D eigenvalue weighted by atomic mass is 32.2. The molecule has 0 heterocycles. The molecule has 0 spiro atoms. The number of carbonyl (C=O) groups excluding carboxylic acids is 3. The fourth-order valence-corrected chi connectivity index (χ4v) is 5.08. The van der Waals surface area contributed by atoms with Gasteiger partial charge in [0.15, 0.2) is 0 Å². The Kier molecular flexibility index (Phi) is 10.3. The summed E-state index contributed by atoms with van der Waals surface area (Å²) in [6.45, 7) is 8.05. The van der Waals surface area contributed by atoms with Crippen molar-refractivity contribution in [1.82, 2.24) is 5.32 Å². The Bertz CT molecular complexity index is 1580. The molecule has 4 rings (SSSR count). The molecule has 3 N–H and O–H groups in total. The minimum absolute atomic E-state index is 0.114. The van der Waals surface area contributed by atoms with Crippen LogP contribution in [0, 0.1) is 6.92 Å². The quantitative estimate of drug-likeness (QED) is 0.133. The molecule has 0 aliphatic heterocycles. The van der Waals surface area contributed by atoms with Crippen LogP contribution in [0.15, 0.2) is 114 Å². The SMILES string of the molecule is Cc1cccc(NC(=O)C(C)Sc2cccc(NC(=O)/C(=C\c3ccc(C(C)C)cc3)NC(=O)c3ccccc3)c2)c1. The second kappa shape index (κ2) is 14.3. The Morgan fingerprint density at radius 1 is 0.738 bits per heavy atom. The maximum Gasteiger partial charge on any atom is 0.272 e. The highest BCUT2D eigenvalue weighted by Crippen LogP contribution is 2.27. The van der Waals surface area contributed by atoms with Crippen LogP contribution in [0.25, 0.3) is 6.08 Å². The van der Waals surface area contributed by atoms with E-state index >= 15 is 0 Å². The minimum atomic E-state index is -0.459. The fourth-order valence-electron chi connectivity index (χ4n) is 4.16. The smallest absolute Gasteiger partial charge is 0.272 e. The summed E-state index contributed by atoms with van der Waals surface area (Å²) in [6.07, 6.45) is 1.66. The molecule has 0 bridgehead atoms. The molecule has 42 heavy (non-hydrogen) atoms. The van der Waals surface area contributed by atoms with Crippen LogP contribution < -0.4 is 16.0 Å². The van der Waals surface area contributed by atoms with Crippen LogP contribution in [-0.4, -0.2) is 23.0 Å². The third kappa shape index (κ3) is 8.69. The molecule has 0 radical (unpaired) electrons. The van der Waals surface area contributed by atoms with Crippen LogP contribution in [0.2, 0.25) is 0 Å². The summed E-state index contributed by atoms with van der Waals surface area (Å²) in [5.41, 5.74) is 4.90. The largest absolute Gasteiger partial charge is 0.325 e. The zero-order valence-electron chi connectivity index (χ0n) is 24.2. The molecule has 0 saturated carbocycles. The number of aryl methyl sites for hydroxylation is 1. The summed E-state index contributed by atoms with van der Waals surface area (Å²) in [7, 11) is 0. The lowest BCUT2D eigenvalue weighted by Gasteiger charge is -2.14. The molecule has 3 amide bonds. The molecule has 6 nitrogen and oxygen atoms in total. The van der Waals surface area contributed by atoms with Gasteiger partial charge in [-0.3, -0.25) is 14.4 Å². The topological polar surface area (TPSA) is 87.3 Å². The molecular formula is C35H35N3O3S. The van der Waals surface area contributed by atoms with Crippen molar-refractivity contribution in [3.05, 3.63) is 131 Å². The summed E-state index contributed by atoms with van der Waals surface area (Å²) in [4.78, 5) is 40.0. The standard InChI is InChI=1S/C35H35N3O3S/c1-23(2)27-18-16-26(17-19-27)21-32(38-34(40)28-11-6-5-7-12-28)35(41)37-30-14-9-15-31(22-30)42-25(4)33(39)36-29-13-8-10-24(3)20-29/h5-23,25H,1-4H3,(H,36,39)(H,37,41)(H,38,40)/b32-21+. The van der Waals surface area contributed by atoms with E-state index in [4.69, 9.17) is 0 Å². The van der Waals surface area contributed by atoms with Gasteiger partial charge in [-0.2, -0.15) is 0 Å². The summed E-state index contributed by atoms with van der Waals surface area (Å²) >= 11 is 1.39. The maximum atomic E-state index is 13.5. The van der Waals surface area contributed by atoms with Crippen molar-refractivity contribution >= 4 is 46.9 Å². The zero-order valence-corrected chi connectivity index (χ0v) is 25.0. The Morgan fingerprint density at radius 2 is 1.40 bits per heavy atom. The zero-order chi connectivity index (χ0) is 30.1. The van der Waals surface area contributed by atoms with E-state index in [0.717, 1.165) is 21.7 Å². The third-order valence-corrected chi connectivity index (χ3v) is 7.60. The van der Waals surface area contributed by atoms with E-state index in [-0.39, 0.29) is 22.8 Å². The van der Waals surface area contributed by atoms with Gasteiger partial charge in [-0.25, -0.2) is 0 Å². The van der Waals surface area contributed by atoms with E-state index in [1.807, 2.05) is 86.6 Å². The summed E-state index contributed by atoms with van der Waals surface area (Å²) in [5, 5.41) is 8.26. The average molecular weight is 578 g/mol. The fraction of sp³-hybridized carbons (Fsp3) is 0.171. The normalized spacial score (nSPS) is 12.0. The molecular weight excluding hydrogens is 542 g/mol. The van der Waals surface area contributed by atoms with E-state index < -0.39 is 5.91 Å². The summed E-state index contributed by atoms with van der Waals surface area (Å²) in [6, 6.07) is 31.6. The molecule has 214 valence electrons. The van der Waals surface area contributed by atoms with E-state index in [1.54, 1.807) is 36.4 Å². The number of amides is 3. The summed E-state index contributed by atoms with van der Waals surface area (Å²) in [5.74, 6) is -0.574. The lowest BCUT2D eigenvalue weighted by atomic mass is 10.0. The van der Waals surface area contributed by atoms with Gasteiger partial charge in [-0.05, 0) is 85.0 Å². The second-order valence-corrected chi connectivity index (χ2v) is 11.7. The number of hydrogen-bond donors (Lipinski definition) is 3. The van der Waals surface area contributed by atoms with Crippen molar-refractivity contribution < 1.29 is 14.4 Å². The number of anilines is 2. The lowest BCUT2D eigenvalue weighted by Crippen LogP contribution is -2.30. The van der Waals surface area contributed by atoms with Gasteiger partial charge in [0.2, 0.25) is 5.91 Å². The van der Waals surface area contributed by atoms with E-state index in [0.29, 0.717) is 17.2 Å². The number of hydrogen-bond acceptors (Lipinski definition) is 4. The Hall–Kier alpha value is -4.62. The molecule has 0 aromatic heterocycles. The highest BCUT2D eigenvalue weighted by molar-refractivity contribution is 8.00. The van der Waals surface area contributed by atoms with E-state index in [2.05, 4.69) is 29.8 Å². The lowest BCUT2D eigenvalue weighted by molar-refractivity contribution is -0.115. The van der Waals surface area contributed by atoms with Gasteiger partial charge in [0.05, 0.1) is 5.25 Å². The Balaban J connectivity index is 1.49. The molecule has 1 unspecified atom stereocenters. The predicted molar refractivity (Wildman–Crippen MR) is 173 cm³/mol. The Morgan fingerprint density at radius 3 is 2.07 bits per heavy atom. The van der Waals surface area contributed by atoms with Crippen molar-refractivity contribution in [2.24, 2.45) is 0 Å². The summed E-state index contributed by atoms with van der Waals surface area (Å²) < 4.78 is 0. The predicted octanol–water partition coefficient (Wildman–Crippen LogP) is 7.65. The average Bonchev–Trinajstić information content (AvgIpc) is 2.97. The first-order chi connectivity index (χ1) is 20.2. The molecule has 1 atom stereocenters.